The van der Waals surface area contributed by atoms with Crippen LogP contribution in [0.1, 0.15) is 62.6 Å². The van der Waals surface area contributed by atoms with Crippen molar-refractivity contribution in [3.63, 3.8) is 0 Å². The molecule has 3 heteroatoms. The molecule has 0 saturated carbocycles. The maximum atomic E-state index is 13.7. The summed E-state index contributed by atoms with van der Waals surface area (Å²) in [5, 5.41) is 0. The second kappa shape index (κ2) is 8.22. The van der Waals surface area contributed by atoms with Gasteiger partial charge in [-0.05, 0) is 19.4 Å². The van der Waals surface area contributed by atoms with Gasteiger partial charge in [-0.25, -0.2) is 4.39 Å². The molecule has 1 aromatic rings. The minimum absolute atomic E-state index is 0.0773. The average Bonchev–Trinajstić information content (AvgIpc) is 2.37. The summed E-state index contributed by atoms with van der Waals surface area (Å²) in [5.74, 6) is 5.38. The van der Waals surface area contributed by atoms with Crippen LogP contribution in [0.2, 0.25) is 0 Å². The summed E-state index contributed by atoms with van der Waals surface area (Å²) in [7, 11) is 0. The van der Waals surface area contributed by atoms with Crippen molar-refractivity contribution in [2.24, 2.45) is 5.84 Å². The number of nitrogens with two attached hydrogens (primary N) is 1. The third-order valence-corrected chi connectivity index (χ3v) is 3.32. The maximum absolute atomic E-state index is 13.7. The van der Waals surface area contributed by atoms with E-state index in [2.05, 4.69) is 12.3 Å². The molecule has 18 heavy (non-hydrogen) atoms. The molecule has 0 fully saturated rings. The van der Waals surface area contributed by atoms with Crippen LogP contribution in [0.5, 0.6) is 0 Å². The molecule has 1 atom stereocenters. The minimum atomic E-state index is -0.169. The van der Waals surface area contributed by atoms with Crippen LogP contribution in [0.4, 0.5) is 4.39 Å². The molecule has 1 aromatic carbocycles. The lowest BCUT2D eigenvalue weighted by Gasteiger charge is -2.17. The lowest BCUT2D eigenvalue weighted by molar-refractivity contribution is 0.458. The van der Waals surface area contributed by atoms with Crippen LogP contribution in [-0.4, -0.2) is 0 Å². The van der Waals surface area contributed by atoms with E-state index in [0.717, 1.165) is 18.4 Å². The number of nitrogens with one attached hydrogen (secondary N) is 1. The van der Waals surface area contributed by atoms with Gasteiger partial charge >= 0.3 is 0 Å². The summed E-state index contributed by atoms with van der Waals surface area (Å²) in [6, 6.07) is 5.11. The predicted molar refractivity (Wildman–Crippen MR) is 74.6 cm³/mol. The van der Waals surface area contributed by atoms with Crippen LogP contribution in [0, 0.1) is 12.7 Å². The van der Waals surface area contributed by atoms with Gasteiger partial charge in [0, 0.05) is 11.6 Å². The Morgan fingerprint density at radius 2 is 1.94 bits per heavy atom. The molecule has 0 spiro atoms. The fourth-order valence-corrected chi connectivity index (χ4v) is 2.21. The Kier molecular flexibility index (Phi) is 6.91. The smallest absolute Gasteiger partial charge is 0.128 e. The van der Waals surface area contributed by atoms with Crippen LogP contribution in [0.3, 0.4) is 0 Å². The van der Waals surface area contributed by atoms with E-state index < -0.39 is 0 Å². The van der Waals surface area contributed by atoms with Gasteiger partial charge in [-0.2, -0.15) is 0 Å². The molecule has 3 N–H and O–H groups in total. The molecule has 0 aliphatic rings. The highest BCUT2D eigenvalue weighted by Gasteiger charge is 2.13. The summed E-state index contributed by atoms with van der Waals surface area (Å²) in [6.07, 6.45) is 6.94. The van der Waals surface area contributed by atoms with Crippen molar-refractivity contribution in [1.82, 2.24) is 5.43 Å². The Bertz CT molecular complexity index is 352. The van der Waals surface area contributed by atoms with E-state index in [1.165, 1.54) is 31.7 Å². The first-order valence-corrected chi connectivity index (χ1v) is 6.91. The summed E-state index contributed by atoms with van der Waals surface area (Å²) in [4.78, 5) is 0. The first-order chi connectivity index (χ1) is 8.69. The van der Waals surface area contributed by atoms with Gasteiger partial charge in [0.25, 0.3) is 0 Å². The highest BCUT2D eigenvalue weighted by atomic mass is 19.1. The summed E-state index contributed by atoms with van der Waals surface area (Å²) >= 11 is 0. The molecule has 0 saturated heterocycles. The number of aryl methyl sites for hydroxylation is 1. The Morgan fingerprint density at radius 1 is 1.22 bits per heavy atom. The molecule has 0 aromatic heterocycles. The summed E-state index contributed by atoms with van der Waals surface area (Å²) < 4.78 is 13.7. The Balaban J connectivity index is 2.52. The van der Waals surface area contributed by atoms with Crippen molar-refractivity contribution in [2.75, 3.05) is 0 Å². The SMILES string of the molecule is CCCCCCCC(NN)c1cc(C)ccc1F. The quantitative estimate of drug-likeness (QED) is 0.417. The number of hydrazine groups is 1. The highest BCUT2D eigenvalue weighted by Crippen LogP contribution is 2.23. The monoisotopic (exact) mass is 252 g/mol. The van der Waals surface area contributed by atoms with Crippen molar-refractivity contribution >= 4 is 0 Å². The summed E-state index contributed by atoms with van der Waals surface area (Å²) in [5.41, 5.74) is 4.49. The number of unbranched alkanes of at least 4 members (excludes halogenated alkanes) is 4. The van der Waals surface area contributed by atoms with Crippen LogP contribution in [0.25, 0.3) is 0 Å². The molecule has 2 nitrogen and oxygen atoms in total. The molecule has 0 radical (unpaired) electrons. The standard InChI is InChI=1S/C15H25FN2/c1-3-4-5-6-7-8-15(18-17)13-11-12(2)9-10-14(13)16/h9-11,15,18H,3-8,17H2,1-2H3. The van der Waals surface area contributed by atoms with Gasteiger partial charge in [-0.3, -0.25) is 11.3 Å². The first kappa shape index (κ1) is 15.1. The van der Waals surface area contributed by atoms with E-state index in [-0.39, 0.29) is 11.9 Å². The molecule has 0 aliphatic carbocycles. The van der Waals surface area contributed by atoms with Gasteiger partial charge < -0.3 is 0 Å². The van der Waals surface area contributed by atoms with Gasteiger partial charge in [0.2, 0.25) is 0 Å². The van der Waals surface area contributed by atoms with E-state index in [1.807, 2.05) is 13.0 Å². The molecule has 0 amide bonds. The third-order valence-electron chi connectivity index (χ3n) is 3.32. The van der Waals surface area contributed by atoms with E-state index in [4.69, 9.17) is 5.84 Å². The van der Waals surface area contributed by atoms with Gasteiger partial charge in [0.15, 0.2) is 0 Å². The molecule has 0 aliphatic heterocycles. The normalized spacial score (nSPS) is 12.7. The predicted octanol–water partition coefficient (Wildman–Crippen LogP) is 4.00. The molecule has 0 heterocycles. The average molecular weight is 252 g/mol. The largest absolute Gasteiger partial charge is 0.271 e. The van der Waals surface area contributed by atoms with Crippen molar-refractivity contribution in [2.45, 2.75) is 58.4 Å². The fourth-order valence-electron chi connectivity index (χ4n) is 2.21. The van der Waals surface area contributed by atoms with Gasteiger partial charge in [-0.1, -0.05) is 56.7 Å². The van der Waals surface area contributed by atoms with Crippen LogP contribution < -0.4 is 11.3 Å². The number of hydrogen-bond donors (Lipinski definition) is 2. The minimum Gasteiger partial charge on any atom is -0.271 e. The molecule has 1 unspecified atom stereocenters. The van der Waals surface area contributed by atoms with E-state index in [1.54, 1.807) is 6.07 Å². The van der Waals surface area contributed by atoms with E-state index in [9.17, 15) is 4.39 Å². The maximum Gasteiger partial charge on any atom is 0.128 e. The van der Waals surface area contributed by atoms with Gasteiger partial charge in [0.1, 0.15) is 5.82 Å². The second-order valence-corrected chi connectivity index (χ2v) is 4.95. The fraction of sp³-hybridized carbons (Fsp3) is 0.600. The van der Waals surface area contributed by atoms with Gasteiger partial charge in [-0.15, -0.1) is 0 Å². The van der Waals surface area contributed by atoms with Crippen molar-refractivity contribution < 1.29 is 4.39 Å². The number of hydrogen-bond acceptors (Lipinski definition) is 2. The van der Waals surface area contributed by atoms with Crippen molar-refractivity contribution in [3.05, 3.63) is 35.1 Å². The lowest BCUT2D eigenvalue weighted by atomic mass is 9.98. The first-order valence-electron chi connectivity index (χ1n) is 6.91. The Morgan fingerprint density at radius 3 is 2.61 bits per heavy atom. The molecule has 102 valence electrons. The van der Waals surface area contributed by atoms with E-state index in [0.29, 0.717) is 5.56 Å². The van der Waals surface area contributed by atoms with Crippen LogP contribution in [-0.2, 0) is 0 Å². The molecule has 1 rings (SSSR count). The molecule has 0 bridgehead atoms. The lowest BCUT2D eigenvalue weighted by Crippen LogP contribution is -2.28. The van der Waals surface area contributed by atoms with Crippen LogP contribution >= 0.6 is 0 Å². The molecular weight excluding hydrogens is 227 g/mol. The Hall–Kier alpha value is -0.930. The van der Waals surface area contributed by atoms with E-state index >= 15 is 0 Å². The zero-order valence-electron chi connectivity index (χ0n) is 11.5. The number of rotatable bonds is 8. The molecular formula is C15H25FN2. The topological polar surface area (TPSA) is 38.0 Å². The Labute approximate surface area is 110 Å². The van der Waals surface area contributed by atoms with Gasteiger partial charge in [0.05, 0.1) is 0 Å². The zero-order chi connectivity index (χ0) is 13.4. The highest BCUT2D eigenvalue weighted by molar-refractivity contribution is 5.26. The van der Waals surface area contributed by atoms with Crippen molar-refractivity contribution in [1.29, 1.82) is 0 Å². The number of benzene rings is 1. The second-order valence-electron chi connectivity index (χ2n) is 4.95. The number of halogens is 1. The van der Waals surface area contributed by atoms with Crippen LogP contribution in [0.15, 0.2) is 18.2 Å². The zero-order valence-corrected chi connectivity index (χ0v) is 11.5. The third kappa shape index (κ3) is 4.75. The van der Waals surface area contributed by atoms with Crippen molar-refractivity contribution in [3.8, 4) is 0 Å². The summed E-state index contributed by atoms with van der Waals surface area (Å²) in [6.45, 7) is 4.17.